The number of fused-ring (bicyclic) bond motifs is 1. The highest BCUT2D eigenvalue weighted by Gasteiger charge is 2.28. The van der Waals surface area contributed by atoms with Gasteiger partial charge in [-0.05, 0) is 55.3 Å². The van der Waals surface area contributed by atoms with Crippen molar-refractivity contribution in [3.05, 3.63) is 75.8 Å². The first-order valence-electron chi connectivity index (χ1n) is 9.58. The summed E-state index contributed by atoms with van der Waals surface area (Å²) in [6.07, 6.45) is -0.611. The Bertz CT molecular complexity index is 1220. The van der Waals surface area contributed by atoms with E-state index >= 15 is 0 Å². The van der Waals surface area contributed by atoms with E-state index in [0.717, 1.165) is 22.3 Å². The normalized spacial score (nSPS) is 15.7. The molecule has 1 atom stereocenters. The fourth-order valence-electron chi connectivity index (χ4n) is 3.33. The molecule has 0 spiro atoms. The van der Waals surface area contributed by atoms with Gasteiger partial charge in [0.25, 0.3) is 10.1 Å². The zero-order valence-corrected chi connectivity index (χ0v) is 19.2. The molecule has 0 bridgehead atoms. The minimum Gasteiger partial charge on any atom is -0.486 e. The molecule has 0 aromatic heterocycles. The minimum atomic E-state index is -3.91. The van der Waals surface area contributed by atoms with Gasteiger partial charge in [0.2, 0.25) is 0 Å². The number of aryl methyl sites for hydroxylation is 2. The Morgan fingerprint density at radius 2 is 1.71 bits per heavy atom. The van der Waals surface area contributed by atoms with Gasteiger partial charge in [0.1, 0.15) is 13.2 Å². The Kier molecular flexibility index (Phi) is 6.17. The number of rotatable bonds is 5. The van der Waals surface area contributed by atoms with Gasteiger partial charge in [-0.15, -0.1) is 0 Å². The third-order valence-electron chi connectivity index (χ3n) is 4.93. The topological polar surface area (TPSA) is 61.8 Å². The van der Waals surface area contributed by atoms with Crippen LogP contribution < -0.4 is 9.47 Å². The highest BCUT2D eigenvalue weighted by Crippen LogP contribution is 2.44. The van der Waals surface area contributed by atoms with Gasteiger partial charge in [-0.2, -0.15) is 8.42 Å². The number of halogens is 2. The average molecular weight is 479 g/mol. The fourth-order valence-corrected chi connectivity index (χ4v) is 4.70. The zero-order chi connectivity index (χ0) is 22.2. The van der Waals surface area contributed by atoms with Crippen LogP contribution in [0.5, 0.6) is 11.5 Å². The third-order valence-corrected chi connectivity index (χ3v) is 6.68. The SMILES string of the molecule is Cc1ccc(S(=O)(=O)OC[C@H]2COc3cc(Cl)cc(-c4ccc(Cl)cc4C)c3O2)cc1. The maximum atomic E-state index is 12.5. The fraction of sp³-hybridized carbons (Fsp3) is 0.217. The molecule has 8 heteroatoms. The summed E-state index contributed by atoms with van der Waals surface area (Å²) in [5, 5.41) is 1.13. The molecule has 0 saturated carbocycles. The smallest absolute Gasteiger partial charge is 0.297 e. The van der Waals surface area contributed by atoms with Gasteiger partial charge < -0.3 is 9.47 Å². The van der Waals surface area contributed by atoms with Crippen LogP contribution in [0.15, 0.2) is 59.5 Å². The molecule has 0 saturated heterocycles. The monoisotopic (exact) mass is 478 g/mol. The lowest BCUT2D eigenvalue weighted by molar-refractivity contribution is 0.0561. The Labute approximate surface area is 191 Å². The number of hydrogen-bond acceptors (Lipinski definition) is 5. The standard InChI is InChI=1S/C23H20Cl2O5S/c1-14-3-6-19(7-4-14)31(26,27)29-13-18-12-28-22-11-17(25)10-21(23(22)30-18)20-8-5-16(24)9-15(20)2/h3-11,18H,12-13H2,1-2H3/t18-/m1/s1. The quantitative estimate of drug-likeness (QED) is 0.432. The molecular formula is C23H20Cl2O5S. The Balaban J connectivity index is 1.57. The molecule has 3 aromatic rings. The van der Waals surface area contributed by atoms with Crippen molar-refractivity contribution < 1.29 is 22.1 Å². The van der Waals surface area contributed by atoms with Crippen molar-refractivity contribution in [2.75, 3.05) is 13.2 Å². The van der Waals surface area contributed by atoms with Crippen LogP contribution >= 0.6 is 23.2 Å². The van der Waals surface area contributed by atoms with Crippen LogP contribution in [0.1, 0.15) is 11.1 Å². The van der Waals surface area contributed by atoms with E-state index in [1.807, 2.05) is 26.0 Å². The molecule has 0 aliphatic carbocycles. The summed E-state index contributed by atoms with van der Waals surface area (Å²) in [6.45, 7) is 3.77. The van der Waals surface area contributed by atoms with Gasteiger partial charge in [0, 0.05) is 21.7 Å². The van der Waals surface area contributed by atoms with E-state index < -0.39 is 16.2 Å². The summed E-state index contributed by atoms with van der Waals surface area (Å²) >= 11 is 12.4. The lowest BCUT2D eigenvalue weighted by Crippen LogP contribution is -2.34. The summed E-state index contributed by atoms with van der Waals surface area (Å²) in [5.74, 6) is 0.983. The van der Waals surface area contributed by atoms with E-state index in [4.69, 9.17) is 36.9 Å². The lowest BCUT2D eigenvalue weighted by Gasteiger charge is -2.28. The van der Waals surface area contributed by atoms with Crippen LogP contribution in [0.2, 0.25) is 10.0 Å². The minimum absolute atomic E-state index is 0.0967. The third kappa shape index (κ3) is 4.83. The average Bonchev–Trinajstić information content (AvgIpc) is 2.72. The van der Waals surface area contributed by atoms with Crippen molar-refractivity contribution >= 4 is 33.3 Å². The largest absolute Gasteiger partial charge is 0.486 e. The maximum Gasteiger partial charge on any atom is 0.297 e. The van der Waals surface area contributed by atoms with Crippen LogP contribution in [0.4, 0.5) is 0 Å². The van der Waals surface area contributed by atoms with Gasteiger partial charge >= 0.3 is 0 Å². The van der Waals surface area contributed by atoms with Gasteiger partial charge in [-0.1, -0.05) is 47.0 Å². The van der Waals surface area contributed by atoms with E-state index in [1.165, 1.54) is 12.1 Å². The van der Waals surface area contributed by atoms with Crippen LogP contribution in [-0.4, -0.2) is 27.7 Å². The first kappa shape index (κ1) is 22.0. The molecule has 1 heterocycles. The molecule has 162 valence electrons. The Morgan fingerprint density at radius 1 is 0.968 bits per heavy atom. The van der Waals surface area contributed by atoms with Crippen molar-refractivity contribution in [3.63, 3.8) is 0 Å². The summed E-state index contributed by atoms with van der Waals surface area (Å²) in [4.78, 5) is 0.0967. The van der Waals surface area contributed by atoms with Gasteiger partial charge in [0.15, 0.2) is 17.6 Å². The summed E-state index contributed by atoms with van der Waals surface area (Å²) in [7, 11) is -3.91. The zero-order valence-electron chi connectivity index (χ0n) is 16.9. The maximum absolute atomic E-state index is 12.5. The first-order valence-corrected chi connectivity index (χ1v) is 11.7. The van der Waals surface area contributed by atoms with Crippen molar-refractivity contribution in [1.82, 2.24) is 0 Å². The number of hydrogen-bond donors (Lipinski definition) is 0. The second kappa shape index (κ2) is 8.71. The van der Waals surface area contributed by atoms with Crippen molar-refractivity contribution in [2.45, 2.75) is 24.8 Å². The molecule has 0 unspecified atom stereocenters. The van der Waals surface area contributed by atoms with E-state index in [2.05, 4.69) is 0 Å². The van der Waals surface area contributed by atoms with Crippen LogP contribution in [0, 0.1) is 13.8 Å². The number of benzene rings is 3. The molecule has 1 aliphatic heterocycles. The molecule has 0 radical (unpaired) electrons. The Morgan fingerprint density at radius 3 is 2.42 bits per heavy atom. The van der Waals surface area contributed by atoms with Crippen LogP contribution in [-0.2, 0) is 14.3 Å². The molecule has 31 heavy (non-hydrogen) atoms. The molecule has 0 amide bonds. The van der Waals surface area contributed by atoms with E-state index in [-0.39, 0.29) is 18.1 Å². The lowest BCUT2D eigenvalue weighted by atomic mass is 9.99. The van der Waals surface area contributed by atoms with Gasteiger partial charge in [-0.3, -0.25) is 4.18 Å². The van der Waals surface area contributed by atoms with Crippen LogP contribution in [0.25, 0.3) is 11.1 Å². The second-order valence-corrected chi connectivity index (χ2v) is 9.83. The number of ether oxygens (including phenoxy) is 2. The molecule has 5 nitrogen and oxygen atoms in total. The molecular weight excluding hydrogens is 459 g/mol. The molecule has 4 rings (SSSR count). The van der Waals surface area contributed by atoms with Crippen LogP contribution in [0.3, 0.4) is 0 Å². The summed E-state index contributed by atoms with van der Waals surface area (Å²) < 4.78 is 42.1. The van der Waals surface area contributed by atoms with E-state index in [9.17, 15) is 8.42 Å². The van der Waals surface area contributed by atoms with E-state index in [0.29, 0.717) is 21.5 Å². The van der Waals surface area contributed by atoms with Crippen molar-refractivity contribution in [1.29, 1.82) is 0 Å². The van der Waals surface area contributed by atoms with Gasteiger partial charge in [0.05, 0.1) is 4.90 Å². The highest BCUT2D eigenvalue weighted by atomic mass is 35.5. The second-order valence-electron chi connectivity index (χ2n) is 7.34. The predicted octanol–water partition coefficient (Wildman–Crippen LogP) is 5.82. The Hall–Kier alpha value is -2.25. The molecule has 0 N–H and O–H groups in total. The van der Waals surface area contributed by atoms with Crippen molar-refractivity contribution in [2.24, 2.45) is 0 Å². The first-order chi connectivity index (χ1) is 14.7. The molecule has 1 aliphatic rings. The van der Waals surface area contributed by atoms with E-state index in [1.54, 1.807) is 30.3 Å². The summed E-state index contributed by atoms with van der Waals surface area (Å²) in [5.41, 5.74) is 3.53. The van der Waals surface area contributed by atoms with Crippen molar-refractivity contribution in [3.8, 4) is 22.6 Å². The summed E-state index contributed by atoms with van der Waals surface area (Å²) in [6, 6.07) is 15.4. The highest BCUT2D eigenvalue weighted by molar-refractivity contribution is 7.86. The predicted molar refractivity (Wildman–Crippen MR) is 121 cm³/mol. The molecule has 0 fully saturated rings. The van der Waals surface area contributed by atoms with Gasteiger partial charge in [-0.25, -0.2) is 0 Å². The molecule has 3 aromatic carbocycles.